The first-order valence-corrected chi connectivity index (χ1v) is 17.2. The summed E-state index contributed by atoms with van der Waals surface area (Å²) in [5.74, 6) is -1.10. The normalized spacial score (nSPS) is 12.3. The van der Waals surface area contributed by atoms with Gasteiger partial charge in [-0.05, 0) is 44.9 Å². The molecule has 0 aromatic heterocycles. The van der Waals surface area contributed by atoms with Crippen molar-refractivity contribution in [3.63, 3.8) is 0 Å². The number of unbranched alkanes of at least 4 members (excludes halogenated alkanes) is 22. The van der Waals surface area contributed by atoms with Gasteiger partial charge in [0.2, 0.25) is 0 Å². The molecule has 39 heavy (non-hydrogen) atoms. The van der Waals surface area contributed by atoms with Crippen LogP contribution < -0.4 is 0 Å². The van der Waals surface area contributed by atoms with E-state index in [1.807, 2.05) is 0 Å². The second-order valence-electron chi connectivity index (χ2n) is 11.7. The summed E-state index contributed by atoms with van der Waals surface area (Å²) >= 11 is 0. The van der Waals surface area contributed by atoms with E-state index in [0.717, 1.165) is 32.1 Å². The molecule has 0 radical (unpaired) electrons. The fourth-order valence-corrected chi connectivity index (χ4v) is 5.20. The zero-order valence-corrected chi connectivity index (χ0v) is 26.2. The van der Waals surface area contributed by atoms with Crippen molar-refractivity contribution in [2.45, 2.75) is 200 Å². The van der Waals surface area contributed by atoms with Crippen LogP contribution in [0.1, 0.15) is 194 Å². The molecule has 1 unspecified atom stereocenters. The Bertz CT molecular complexity index is 557. The van der Waals surface area contributed by atoms with Gasteiger partial charge in [-0.3, -0.25) is 9.59 Å². The van der Waals surface area contributed by atoms with Gasteiger partial charge in [0.25, 0.3) is 0 Å². The van der Waals surface area contributed by atoms with E-state index in [9.17, 15) is 14.7 Å². The second-order valence-corrected chi connectivity index (χ2v) is 11.7. The first kappa shape index (κ1) is 37.7. The maximum atomic E-state index is 12.3. The molecule has 0 amide bonds. The molecule has 0 heterocycles. The summed E-state index contributed by atoms with van der Waals surface area (Å²) in [4.78, 5) is 23.5. The van der Waals surface area contributed by atoms with Crippen molar-refractivity contribution >= 4 is 11.9 Å². The largest absolute Gasteiger partial charge is 0.481 e. The van der Waals surface area contributed by atoms with E-state index in [1.54, 1.807) is 0 Å². The molecule has 0 aromatic carbocycles. The van der Waals surface area contributed by atoms with Crippen molar-refractivity contribution in [1.29, 1.82) is 0 Å². The standard InChI is InChI=1S/C35H66O4/c1-3-5-7-9-11-13-15-16-17-18-19-20-21-23-25-27-29-31-35(38)39-33(32-34(36)37)30-28-26-24-22-14-12-10-8-6-4-2/h16-17,33H,3-15,18-32H2,1-2H3,(H,36,37)/b17-16-. The SMILES string of the molecule is CCCCCCCC/C=C\CCCCCCCCCC(=O)OC(CCCCCCCCCCCC)CC(=O)O. The van der Waals surface area contributed by atoms with Crippen LogP contribution in [0, 0.1) is 0 Å². The third kappa shape index (κ3) is 31.1. The van der Waals surface area contributed by atoms with Crippen LogP contribution in [-0.2, 0) is 14.3 Å². The Hall–Kier alpha value is -1.32. The van der Waals surface area contributed by atoms with Crippen LogP contribution in [0.2, 0.25) is 0 Å². The average molecular weight is 551 g/mol. The lowest BCUT2D eigenvalue weighted by molar-refractivity contribution is -0.153. The number of carbonyl (C=O) groups is 2. The van der Waals surface area contributed by atoms with Crippen molar-refractivity contribution in [3.8, 4) is 0 Å². The fourth-order valence-electron chi connectivity index (χ4n) is 5.20. The molecular formula is C35H66O4. The molecule has 0 saturated carbocycles. The summed E-state index contributed by atoms with van der Waals surface area (Å²) in [6.07, 6.45) is 36.6. The van der Waals surface area contributed by atoms with Gasteiger partial charge in [0.1, 0.15) is 6.10 Å². The van der Waals surface area contributed by atoms with Gasteiger partial charge >= 0.3 is 11.9 Å². The highest BCUT2D eigenvalue weighted by Gasteiger charge is 2.17. The number of allylic oxidation sites excluding steroid dienone is 2. The molecule has 1 N–H and O–H groups in total. The first-order chi connectivity index (χ1) is 19.1. The van der Waals surface area contributed by atoms with Crippen LogP contribution in [0.25, 0.3) is 0 Å². The predicted octanol–water partition coefficient (Wildman–Crippen LogP) is 11.5. The quantitative estimate of drug-likeness (QED) is 0.0529. The van der Waals surface area contributed by atoms with Crippen LogP contribution in [0.15, 0.2) is 12.2 Å². The summed E-state index contributed by atoms with van der Waals surface area (Å²) in [5, 5.41) is 9.20. The zero-order valence-electron chi connectivity index (χ0n) is 26.2. The molecule has 4 nitrogen and oxygen atoms in total. The van der Waals surface area contributed by atoms with Gasteiger partial charge in [0.15, 0.2) is 0 Å². The van der Waals surface area contributed by atoms with Gasteiger partial charge in [-0.2, -0.15) is 0 Å². The molecule has 0 saturated heterocycles. The average Bonchev–Trinajstić information content (AvgIpc) is 2.91. The Balaban J connectivity index is 3.64. The van der Waals surface area contributed by atoms with Crippen molar-refractivity contribution in [2.75, 3.05) is 0 Å². The molecule has 0 fully saturated rings. The number of carboxylic acids is 1. The molecule has 0 aliphatic rings. The summed E-state index contributed by atoms with van der Waals surface area (Å²) in [7, 11) is 0. The smallest absolute Gasteiger partial charge is 0.307 e. The zero-order chi connectivity index (χ0) is 28.7. The van der Waals surface area contributed by atoms with Gasteiger partial charge in [-0.25, -0.2) is 0 Å². The number of aliphatic carboxylic acids is 1. The molecule has 0 aliphatic carbocycles. The van der Waals surface area contributed by atoms with E-state index in [1.165, 1.54) is 128 Å². The van der Waals surface area contributed by atoms with Gasteiger partial charge in [0.05, 0.1) is 6.42 Å². The second kappa shape index (κ2) is 31.2. The Morgan fingerprint density at radius 2 is 0.949 bits per heavy atom. The lowest BCUT2D eigenvalue weighted by Gasteiger charge is -2.16. The van der Waals surface area contributed by atoms with Crippen LogP contribution >= 0.6 is 0 Å². The van der Waals surface area contributed by atoms with Crippen molar-refractivity contribution < 1.29 is 19.4 Å². The fraction of sp³-hybridized carbons (Fsp3) is 0.886. The molecular weight excluding hydrogens is 484 g/mol. The van der Waals surface area contributed by atoms with E-state index >= 15 is 0 Å². The highest BCUT2D eigenvalue weighted by Crippen LogP contribution is 2.16. The minimum Gasteiger partial charge on any atom is -0.481 e. The number of rotatable bonds is 31. The van der Waals surface area contributed by atoms with Gasteiger partial charge in [0, 0.05) is 6.42 Å². The van der Waals surface area contributed by atoms with Crippen LogP contribution in [0.3, 0.4) is 0 Å². The number of carbonyl (C=O) groups excluding carboxylic acids is 1. The van der Waals surface area contributed by atoms with E-state index < -0.39 is 12.1 Å². The van der Waals surface area contributed by atoms with Crippen molar-refractivity contribution in [2.24, 2.45) is 0 Å². The third-order valence-corrected chi connectivity index (χ3v) is 7.72. The minimum atomic E-state index is -0.881. The maximum Gasteiger partial charge on any atom is 0.307 e. The Morgan fingerprint density at radius 3 is 1.38 bits per heavy atom. The predicted molar refractivity (Wildman–Crippen MR) is 167 cm³/mol. The molecule has 4 heteroatoms. The summed E-state index contributed by atoms with van der Waals surface area (Å²) in [6, 6.07) is 0. The molecule has 0 spiro atoms. The summed E-state index contributed by atoms with van der Waals surface area (Å²) in [5.41, 5.74) is 0. The Labute approximate surface area is 243 Å². The lowest BCUT2D eigenvalue weighted by atomic mass is 10.0. The van der Waals surface area contributed by atoms with E-state index in [2.05, 4.69) is 26.0 Å². The van der Waals surface area contributed by atoms with Crippen LogP contribution in [0.5, 0.6) is 0 Å². The van der Waals surface area contributed by atoms with Gasteiger partial charge in [-0.1, -0.05) is 148 Å². The van der Waals surface area contributed by atoms with Gasteiger partial charge in [-0.15, -0.1) is 0 Å². The monoisotopic (exact) mass is 550 g/mol. The highest BCUT2D eigenvalue weighted by molar-refractivity contribution is 5.71. The molecule has 0 rings (SSSR count). The first-order valence-electron chi connectivity index (χ1n) is 17.2. The van der Waals surface area contributed by atoms with E-state index in [-0.39, 0.29) is 12.4 Å². The van der Waals surface area contributed by atoms with E-state index in [4.69, 9.17) is 4.74 Å². The Morgan fingerprint density at radius 1 is 0.564 bits per heavy atom. The number of ether oxygens (including phenoxy) is 1. The van der Waals surface area contributed by atoms with Gasteiger partial charge < -0.3 is 9.84 Å². The number of esters is 1. The minimum absolute atomic E-state index is 0.0720. The molecule has 0 bridgehead atoms. The number of hydrogen-bond donors (Lipinski definition) is 1. The Kier molecular flexibility index (Phi) is 30.2. The van der Waals surface area contributed by atoms with E-state index in [0.29, 0.717) is 12.8 Å². The van der Waals surface area contributed by atoms with Crippen LogP contribution in [0.4, 0.5) is 0 Å². The summed E-state index contributed by atoms with van der Waals surface area (Å²) < 4.78 is 5.55. The lowest BCUT2D eigenvalue weighted by Crippen LogP contribution is -2.21. The van der Waals surface area contributed by atoms with Crippen molar-refractivity contribution in [3.05, 3.63) is 12.2 Å². The molecule has 0 aliphatic heterocycles. The third-order valence-electron chi connectivity index (χ3n) is 7.72. The van der Waals surface area contributed by atoms with Crippen molar-refractivity contribution in [1.82, 2.24) is 0 Å². The van der Waals surface area contributed by atoms with Crippen LogP contribution in [-0.4, -0.2) is 23.1 Å². The maximum absolute atomic E-state index is 12.3. The number of hydrogen-bond acceptors (Lipinski definition) is 3. The number of carboxylic acid groups (broad SMARTS) is 1. The topological polar surface area (TPSA) is 63.6 Å². The summed E-state index contributed by atoms with van der Waals surface area (Å²) in [6.45, 7) is 4.51. The molecule has 0 aromatic rings. The highest BCUT2D eigenvalue weighted by atomic mass is 16.5. The molecule has 230 valence electrons. The molecule has 1 atom stereocenters.